The summed E-state index contributed by atoms with van der Waals surface area (Å²) in [6, 6.07) is 5.06. The maximum Gasteiger partial charge on any atom is 0.416 e. The van der Waals surface area contributed by atoms with E-state index in [-0.39, 0.29) is 6.54 Å². The van der Waals surface area contributed by atoms with E-state index in [1.165, 1.54) is 12.3 Å². The molecular formula is C11H10F3N3. The molecule has 17 heavy (non-hydrogen) atoms. The average Bonchev–Trinajstić information content (AvgIpc) is 2.76. The molecule has 2 aromatic rings. The van der Waals surface area contributed by atoms with Crippen molar-refractivity contribution >= 4 is 0 Å². The minimum absolute atomic E-state index is 0.221. The second-order valence-corrected chi connectivity index (χ2v) is 3.53. The standard InChI is InChI=1S/C11H10F3N3/c12-11(13,14)8-3-1-2-7(4-8)9-6-16-10(5-15)17-9/h1-4,6H,5,15H2,(H,16,17). The van der Waals surface area contributed by atoms with E-state index in [1.807, 2.05) is 0 Å². The first-order valence-corrected chi connectivity index (χ1v) is 4.92. The molecule has 1 aromatic heterocycles. The Morgan fingerprint density at radius 3 is 2.65 bits per heavy atom. The number of hydrogen-bond acceptors (Lipinski definition) is 2. The SMILES string of the molecule is NCc1ncc(-c2cccc(C(F)(F)F)c2)[nH]1. The summed E-state index contributed by atoms with van der Waals surface area (Å²) >= 11 is 0. The number of alkyl halides is 3. The number of imidazole rings is 1. The highest BCUT2D eigenvalue weighted by Crippen LogP contribution is 2.31. The molecule has 0 saturated heterocycles. The molecule has 0 amide bonds. The van der Waals surface area contributed by atoms with Gasteiger partial charge in [-0.2, -0.15) is 13.2 Å². The third-order valence-electron chi connectivity index (χ3n) is 2.32. The molecule has 0 aliphatic heterocycles. The normalized spacial score (nSPS) is 11.8. The molecule has 0 atom stereocenters. The van der Waals surface area contributed by atoms with Gasteiger partial charge in [-0.1, -0.05) is 12.1 Å². The lowest BCUT2D eigenvalue weighted by Gasteiger charge is -2.07. The second-order valence-electron chi connectivity index (χ2n) is 3.53. The van der Waals surface area contributed by atoms with Crippen molar-refractivity contribution in [3.05, 3.63) is 41.9 Å². The lowest BCUT2D eigenvalue weighted by molar-refractivity contribution is -0.137. The Hall–Kier alpha value is -1.82. The third-order valence-corrected chi connectivity index (χ3v) is 2.32. The van der Waals surface area contributed by atoms with Gasteiger partial charge in [0.1, 0.15) is 5.82 Å². The molecule has 0 aliphatic carbocycles. The van der Waals surface area contributed by atoms with Gasteiger partial charge < -0.3 is 10.7 Å². The molecule has 0 saturated carbocycles. The Balaban J connectivity index is 2.39. The van der Waals surface area contributed by atoms with E-state index in [9.17, 15) is 13.2 Å². The zero-order valence-electron chi connectivity index (χ0n) is 8.75. The van der Waals surface area contributed by atoms with Gasteiger partial charge in [0.25, 0.3) is 0 Å². The molecule has 6 heteroatoms. The molecule has 90 valence electrons. The predicted octanol–water partition coefficient (Wildman–Crippen LogP) is 2.55. The minimum atomic E-state index is -4.34. The van der Waals surface area contributed by atoms with Crippen molar-refractivity contribution < 1.29 is 13.2 Å². The molecule has 2 rings (SSSR count). The number of nitrogens with zero attached hydrogens (tertiary/aromatic N) is 1. The number of nitrogens with one attached hydrogen (secondary N) is 1. The summed E-state index contributed by atoms with van der Waals surface area (Å²) in [5.41, 5.74) is 5.65. The van der Waals surface area contributed by atoms with E-state index < -0.39 is 11.7 Å². The Labute approximate surface area is 95.5 Å². The molecule has 0 unspecified atom stereocenters. The van der Waals surface area contributed by atoms with Gasteiger partial charge in [-0.25, -0.2) is 4.98 Å². The smallest absolute Gasteiger partial charge is 0.341 e. The van der Waals surface area contributed by atoms with Gasteiger partial charge in [0.15, 0.2) is 0 Å². The molecule has 0 spiro atoms. The zero-order chi connectivity index (χ0) is 12.5. The van der Waals surface area contributed by atoms with Gasteiger partial charge in [0.05, 0.1) is 24.0 Å². The van der Waals surface area contributed by atoms with Crippen LogP contribution in [0.4, 0.5) is 13.2 Å². The Morgan fingerprint density at radius 1 is 1.29 bits per heavy atom. The lowest BCUT2D eigenvalue weighted by Crippen LogP contribution is -2.04. The number of halogens is 3. The summed E-state index contributed by atoms with van der Waals surface area (Å²) in [5, 5.41) is 0. The fraction of sp³-hybridized carbons (Fsp3) is 0.182. The highest BCUT2D eigenvalue weighted by atomic mass is 19.4. The van der Waals surface area contributed by atoms with Gasteiger partial charge in [-0.05, 0) is 12.1 Å². The van der Waals surface area contributed by atoms with E-state index in [4.69, 9.17) is 5.73 Å². The number of nitrogens with two attached hydrogens (primary N) is 1. The van der Waals surface area contributed by atoms with E-state index in [1.54, 1.807) is 6.07 Å². The summed E-state index contributed by atoms with van der Waals surface area (Å²) in [4.78, 5) is 6.80. The molecule has 1 aromatic carbocycles. The van der Waals surface area contributed by atoms with Gasteiger partial charge in [-0.15, -0.1) is 0 Å². The quantitative estimate of drug-likeness (QED) is 0.848. The Kier molecular flexibility index (Phi) is 2.89. The van der Waals surface area contributed by atoms with Gasteiger partial charge in [0, 0.05) is 5.56 Å². The summed E-state index contributed by atoms with van der Waals surface area (Å²) in [7, 11) is 0. The number of benzene rings is 1. The van der Waals surface area contributed by atoms with Crippen LogP contribution in [0.3, 0.4) is 0 Å². The van der Waals surface area contributed by atoms with E-state index in [0.29, 0.717) is 17.1 Å². The van der Waals surface area contributed by atoms with Crippen molar-refractivity contribution in [2.24, 2.45) is 5.73 Å². The van der Waals surface area contributed by atoms with Crippen LogP contribution in [0.1, 0.15) is 11.4 Å². The zero-order valence-corrected chi connectivity index (χ0v) is 8.75. The number of aromatic amines is 1. The molecule has 3 nitrogen and oxygen atoms in total. The first-order chi connectivity index (χ1) is 8.00. The van der Waals surface area contributed by atoms with Crippen molar-refractivity contribution in [1.29, 1.82) is 0 Å². The average molecular weight is 241 g/mol. The summed E-state index contributed by atoms with van der Waals surface area (Å²) in [6.07, 6.45) is -2.87. The van der Waals surface area contributed by atoms with E-state index in [0.717, 1.165) is 12.1 Å². The number of rotatable bonds is 2. The molecule has 1 heterocycles. The monoisotopic (exact) mass is 241 g/mol. The van der Waals surface area contributed by atoms with Crippen molar-refractivity contribution in [3.8, 4) is 11.3 Å². The van der Waals surface area contributed by atoms with Gasteiger partial charge in [-0.3, -0.25) is 0 Å². The topological polar surface area (TPSA) is 54.7 Å². The Morgan fingerprint density at radius 2 is 2.06 bits per heavy atom. The minimum Gasteiger partial charge on any atom is -0.341 e. The third kappa shape index (κ3) is 2.47. The van der Waals surface area contributed by atoms with Crippen LogP contribution in [0.25, 0.3) is 11.3 Å². The first-order valence-electron chi connectivity index (χ1n) is 4.92. The number of aromatic nitrogens is 2. The van der Waals surface area contributed by atoms with Crippen LogP contribution in [-0.2, 0) is 12.7 Å². The summed E-state index contributed by atoms with van der Waals surface area (Å²) in [5.74, 6) is 0.539. The van der Waals surface area contributed by atoms with Gasteiger partial charge >= 0.3 is 6.18 Å². The van der Waals surface area contributed by atoms with Crippen molar-refractivity contribution in [3.63, 3.8) is 0 Å². The highest BCUT2D eigenvalue weighted by molar-refractivity contribution is 5.59. The van der Waals surface area contributed by atoms with E-state index in [2.05, 4.69) is 9.97 Å². The first kappa shape index (κ1) is 11.7. The predicted molar refractivity (Wildman–Crippen MR) is 56.9 cm³/mol. The molecular weight excluding hydrogens is 231 g/mol. The molecule has 3 N–H and O–H groups in total. The van der Waals surface area contributed by atoms with Crippen LogP contribution in [0.5, 0.6) is 0 Å². The largest absolute Gasteiger partial charge is 0.416 e. The van der Waals surface area contributed by atoms with Crippen molar-refractivity contribution in [1.82, 2.24) is 9.97 Å². The number of hydrogen-bond donors (Lipinski definition) is 2. The Bertz CT molecular complexity index is 517. The lowest BCUT2D eigenvalue weighted by atomic mass is 10.1. The van der Waals surface area contributed by atoms with Crippen LogP contribution < -0.4 is 5.73 Å². The molecule has 0 bridgehead atoms. The molecule has 0 fully saturated rings. The van der Waals surface area contributed by atoms with Crippen LogP contribution in [0, 0.1) is 0 Å². The highest BCUT2D eigenvalue weighted by Gasteiger charge is 2.30. The fourth-order valence-corrected chi connectivity index (χ4v) is 1.48. The van der Waals surface area contributed by atoms with Crippen molar-refractivity contribution in [2.75, 3.05) is 0 Å². The van der Waals surface area contributed by atoms with Crippen LogP contribution in [-0.4, -0.2) is 9.97 Å². The van der Waals surface area contributed by atoms with Crippen molar-refractivity contribution in [2.45, 2.75) is 12.7 Å². The second kappa shape index (κ2) is 4.21. The fourth-order valence-electron chi connectivity index (χ4n) is 1.48. The van der Waals surface area contributed by atoms with Crippen LogP contribution in [0.2, 0.25) is 0 Å². The maximum atomic E-state index is 12.5. The maximum absolute atomic E-state index is 12.5. The molecule has 0 aliphatic rings. The molecule has 0 radical (unpaired) electrons. The summed E-state index contributed by atoms with van der Waals surface area (Å²) < 4.78 is 37.5. The van der Waals surface area contributed by atoms with Gasteiger partial charge in [0.2, 0.25) is 0 Å². The van der Waals surface area contributed by atoms with E-state index >= 15 is 0 Å². The van der Waals surface area contributed by atoms with Crippen LogP contribution in [0.15, 0.2) is 30.5 Å². The number of H-pyrrole nitrogens is 1. The summed E-state index contributed by atoms with van der Waals surface area (Å²) in [6.45, 7) is 0.221. The van der Waals surface area contributed by atoms with Crippen LogP contribution >= 0.6 is 0 Å².